The van der Waals surface area contributed by atoms with E-state index in [4.69, 9.17) is 0 Å². The third-order valence-electron chi connectivity index (χ3n) is 3.61. The summed E-state index contributed by atoms with van der Waals surface area (Å²) >= 11 is 0. The van der Waals surface area contributed by atoms with Gasteiger partial charge >= 0.3 is 0 Å². The molecule has 104 valence electrons. The molecular formula is C11H21N3O3S. The van der Waals surface area contributed by atoms with Crippen LogP contribution in [0.1, 0.15) is 32.6 Å². The van der Waals surface area contributed by atoms with Crippen LogP contribution in [0.25, 0.3) is 0 Å². The fourth-order valence-electron chi connectivity index (χ4n) is 2.60. The fraction of sp³-hybridized carbons (Fsp3) is 0.909. The maximum Gasteiger partial charge on any atom is 0.282 e. The van der Waals surface area contributed by atoms with E-state index in [0.29, 0.717) is 32.6 Å². The molecule has 0 aliphatic carbocycles. The minimum absolute atomic E-state index is 0.177. The zero-order chi connectivity index (χ0) is 13.2. The minimum Gasteiger partial charge on any atom is -0.353 e. The summed E-state index contributed by atoms with van der Waals surface area (Å²) in [5.74, 6) is -0.177. The van der Waals surface area contributed by atoms with Crippen molar-refractivity contribution in [2.75, 3.05) is 26.2 Å². The van der Waals surface area contributed by atoms with Crippen LogP contribution in [0, 0.1) is 0 Å². The number of carbonyl (C=O) groups excluding carboxylic acids is 1. The molecule has 2 aliphatic rings. The Balaban J connectivity index is 2.19. The molecule has 1 atom stereocenters. The molecule has 2 saturated heterocycles. The summed E-state index contributed by atoms with van der Waals surface area (Å²) in [6, 6.07) is -0.550. The van der Waals surface area contributed by atoms with Crippen molar-refractivity contribution >= 4 is 16.1 Å². The molecule has 2 heterocycles. The lowest BCUT2D eigenvalue weighted by atomic mass is 10.2. The lowest BCUT2D eigenvalue weighted by Gasteiger charge is -2.38. The first-order valence-electron chi connectivity index (χ1n) is 6.62. The number of hydrogen-bond acceptors (Lipinski definition) is 3. The van der Waals surface area contributed by atoms with E-state index in [-0.39, 0.29) is 5.91 Å². The summed E-state index contributed by atoms with van der Waals surface area (Å²) < 4.78 is 28.0. The van der Waals surface area contributed by atoms with Crippen LogP contribution in [0.2, 0.25) is 0 Å². The normalized spacial score (nSPS) is 28.1. The smallest absolute Gasteiger partial charge is 0.282 e. The molecule has 2 aliphatic heterocycles. The second kappa shape index (κ2) is 5.54. The van der Waals surface area contributed by atoms with Gasteiger partial charge in [-0.2, -0.15) is 17.0 Å². The second-order valence-electron chi connectivity index (χ2n) is 4.79. The third kappa shape index (κ3) is 2.53. The van der Waals surface area contributed by atoms with Gasteiger partial charge in [0.15, 0.2) is 0 Å². The topological polar surface area (TPSA) is 69.7 Å². The van der Waals surface area contributed by atoms with E-state index in [2.05, 4.69) is 5.32 Å². The zero-order valence-corrected chi connectivity index (χ0v) is 11.6. The molecule has 0 saturated carbocycles. The molecule has 2 rings (SSSR count). The van der Waals surface area contributed by atoms with Gasteiger partial charge in [0.2, 0.25) is 5.91 Å². The van der Waals surface area contributed by atoms with E-state index >= 15 is 0 Å². The van der Waals surface area contributed by atoms with Crippen LogP contribution in [0.4, 0.5) is 0 Å². The first kappa shape index (κ1) is 13.8. The SMILES string of the molecule is CCC1C(=O)NCCN1S(=O)(=O)N1CCCCC1. The van der Waals surface area contributed by atoms with E-state index in [9.17, 15) is 13.2 Å². The summed E-state index contributed by atoms with van der Waals surface area (Å²) in [5.41, 5.74) is 0. The number of nitrogens with one attached hydrogen (secondary N) is 1. The van der Waals surface area contributed by atoms with Crippen LogP contribution in [-0.4, -0.2) is 55.2 Å². The van der Waals surface area contributed by atoms with Gasteiger partial charge in [0, 0.05) is 26.2 Å². The molecule has 6 nitrogen and oxygen atoms in total. The van der Waals surface area contributed by atoms with Crippen LogP contribution in [-0.2, 0) is 15.0 Å². The Kier molecular flexibility index (Phi) is 4.24. The highest BCUT2D eigenvalue weighted by atomic mass is 32.2. The predicted octanol–water partition coefficient (Wildman–Crippen LogP) is -0.0725. The summed E-state index contributed by atoms with van der Waals surface area (Å²) in [7, 11) is -3.47. The number of carbonyl (C=O) groups is 1. The molecule has 0 spiro atoms. The summed E-state index contributed by atoms with van der Waals surface area (Å²) in [5, 5.41) is 2.72. The van der Waals surface area contributed by atoms with Crippen molar-refractivity contribution in [1.29, 1.82) is 0 Å². The van der Waals surface area contributed by atoms with Crippen LogP contribution in [0.15, 0.2) is 0 Å². The number of piperazine rings is 1. The fourth-order valence-corrected chi connectivity index (χ4v) is 4.51. The monoisotopic (exact) mass is 275 g/mol. The highest BCUT2D eigenvalue weighted by Crippen LogP contribution is 2.20. The molecule has 1 amide bonds. The molecule has 0 bridgehead atoms. The van der Waals surface area contributed by atoms with Gasteiger partial charge in [-0.05, 0) is 19.3 Å². The maximum atomic E-state index is 12.5. The van der Waals surface area contributed by atoms with Crippen molar-refractivity contribution in [3.8, 4) is 0 Å². The van der Waals surface area contributed by atoms with Gasteiger partial charge < -0.3 is 5.32 Å². The van der Waals surface area contributed by atoms with Crippen LogP contribution < -0.4 is 5.32 Å². The largest absolute Gasteiger partial charge is 0.353 e. The van der Waals surface area contributed by atoms with Gasteiger partial charge in [0.25, 0.3) is 10.2 Å². The average molecular weight is 275 g/mol. The lowest BCUT2D eigenvalue weighted by Crippen LogP contribution is -2.60. The Labute approximate surface area is 109 Å². The molecule has 0 aromatic heterocycles. The summed E-state index contributed by atoms with van der Waals surface area (Å²) in [6.45, 7) is 3.79. The Morgan fingerprint density at radius 2 is 1.89 bits per heavy atom. The number of nitrogens with zero attached hydrogens (tertiary/aromatic N) is 2. The first-order chi connectivity index (χ1) is 8.57. The molecule has 1 unspecified atom stereocenters. The zero-order valence-electron chi connectivity index (χ0n) is 10.8. The number of rotatable bonds is 3. The van der Waals surface area contributed by atoms with Crippen molar-refractivity contribution in [2.24, 2.45) is 0 Å². The predicted molar refractivity (Wildman–Crippen MR) is 68.1 cm³/mol. The van der Waals surface area contributed by atoms with Crippen molar-refractivity contribution in [3.63, 3.8) is 0 Å². The van der Waals surface area contributed by atoms with Crippen LogP contribution in [0.5, 0.6) is 0 Å². The van der Waals surface area contributed by atoms with E-state index in [0.717, 1.165) is 19.3 Å². The third-order valence-corrected chi connectivity index (χ3v) is 5.65. The standard InChI is InChI=1S/C11H21N3O3S/c1-2-10-11(15)12-6-9-14(10)18(16,17)13-7-4-3-5-8-13/h10H,2-9H2,1H3,(H,12,15). The van der Waals surface area contributed by atoms with Gasteiger partial charge in [0.05, 0.1) is 0 Å². The van der Waals surface area contributed by atoms with Gasteiger partial charge in [-0.25, -0.2) is 0 Å². The molecule has 2 fully saturated rings. The molecular weight excluding hydrogens is 254 g/mol. The highest BCUT2D eigenvalue weighted by molar-refractivity contribution is 7.86. The van der Waals surface area contributed by atoms with Crippen molar-refractivity contribution in [3.05, 3.63) is 0 Å². The van der Waals surface area contributed by atoms with Gasteiger partial charge in [0.1, 0.15) is 6.04 Å². The minimum atomic E-state index is -3.47. The Morgan fingerprint density at radius 1 is 1.22 bits per heavy atom. The first-order valence-corrected chi connectivity index (χ1v) is 8.01. The van der Waals surface area contributed by atoms with E-state index in [1.807, 2.05) is 6.92 Å². The van der Waals surface area contributed by atoms with Gasteiger partial charge in [-0.1, -0.05) is 13.3 Å². The maximum absolute atomic E-state index is 12.5. The van der Waals surface area contributed by atoms with Gasteiger partial charge in [-0.3, -0.25) is 4.79 Å². The van der Waals surface area contributed by atoms with Crippen molar-refractivity contribution in [1.82, 2.24) is 13.9 Å². The quantitative estimate of drug-likeness (QED) is 0.783. The van der Waals surface area contributed by atoms with Gasteiger partial charge in [-0.15, -0.1) is 0 Å². The van der Waals surface area contributed by atoms with Crippen LogP contribution in [0.3, 0.4) is 0 Å². The van der Waals surface area contributed by atoms with E-state index in [1.165, 1.54) is 8.61 Å². The Hall–Kier alpha value is -0.660. The van der Waals surface area contributed by atoms with E-state index in [1.54, 1.807) is 0 Å². The molecule has 18 heavy (non-hydrogen) atoms. The summed E-state index contributed by atoms with van der Waals surface area (Å²) in [4.78, 5) is 11.7. The second-order valence-corrected chi connectivity index (χ2v) is 6.67. The van der Waals surface area contributed by atoms with E-state index < -0.39 is 16.3 Å². The molecule has 1 N–H and O–H groups in total. The molecule has 0 aromatic rings. The lowest BCUT2D eigenvalue weighted by molar-refractivity contribution is -0.126. The molecule has 7 heteroatoms. The van der Waals surface area contributed by atoms with Crippen molar-refractivity contribution in [2.45, 2.75) is 38.6 Å². The summed E-state index contributed by atoms with van der Waals surface area (Å²) in [6.07, 6.45) is 3.43. The Morgan fingerprint density at radius 3 is 2.50 bits per heavy atom. The number of amides is 1. The number of hydrogen-bond donors (Lipinski definition) is 1. The van der Waals surface area contributed by atoms with Crippen LogP contribution >= 0.6 is 0 Å². The molecule has 0 aromatic carbocycles. The van der Waals surface area contributed by atoms with Crippen molar-refractivity contribution < 1.29 is 13.2 Å². The Bertz CT molecular complexity index is 404. The number of piperidine rings is 1. The molecule has 0 radical (unpaired) electrons. The highest BCUT2D eigenvalue weighted by Gasteiger charge is 2.39. The average Bonchev–Trinajstić information content (AvgIpc) is 2.39.